The van der Waals surface area contributed by atoms with E-state index in [1.165, 1.54) is 6.92 Å². The smallest absolute Gasteiger partial charge is 0.408 e. The zero-order chi connectivity index (χ0) is 18.9. The van der Waals surface area contributed by atoms with Gasteiger partial charge in [0, 0.05) is 6.54 Å². The van der Waals surface area contributed by atoms with E-state index in [2.05, 4.69) is 16.0 Å². The van der Waals surface area contributed by atoms with Crippen molar-refractivity contribution in [3.63, 3.8) is 0 Å². The standard InChI is InChI=1S/C14H27N5O5/c1-8(11(21)22)18-10(20)9(6-5-7-17-12(15)16)19-13(23)24-14(2,3)4/h8-9H,5-7H2,1-4H3,(H,18,20)(H,19,23)(H,21,22)(H4,15,16,17)/t8-,9+/m0/s1. The van der Waals surface area contributed by atoms with Gasteiger partial charge in [0.05, 0.1) is 0 Å². The molecule has 24 heavy (non-hydrogen) atoms. The normalized spacial score (nSPS) is 13.3. The Labute approximate surface area is 141 Å². The van der Waals surface area contributed by atoms with Gasteiger partial charge in [-0.1, -0.05) is 0 Å². The van der Waals surface area contributed by atoms with Crippen LogP contribution < -0.4 is 21.7 Å². The molecule has 0 unspecified atom stereocenters. The van der Waals surface area contributed by atoms with Crippen molar-refractivity contribution in [1.29, 1.82) is 5.41 Å². The molecule has 2 amide bonds. The van der Waals surface area contributed by atoms with Crippen molar-refractivity contribution in [2.24, 2.45) is 5.73 Å². The lowest BCUT2D eigenvalue weighted by atomic mass is 10.1. The predicted molar refractivity (Wildman–Crippen MR) is 87.5 cm³/mol. The summed E-state index contributed by atoms with van der Waals surface area (Å²) in [6.07, 6.45) is -0.128. The van der Waals surface area contributed by atoms with E-state index in [4.69, 9.17) is 21.0 Å². The van der Waals surface area contributed by atoms with Crippen LogP contribution in [-0.2, 0) is 14.3 Å². The summed E-state index contributed by atoms with van der Waals surface area (Å²) in [6, 6.07) is -2.05. The Balaban J connectivity index is 4.74. The SMILES string of the molecule is C[C@H](NC(=O)[C@@H](CCCNC(=N)N)NC(=O)OC(C)(C)C)C(=O)O. The van der Waals surface area contributed by atoms with Crippen LogP contribution in [0, 0.1) is 5.41 Å². The number of hydrogen-bond donors (Lipinski definition) is 6. The van der Waals surface area contributed by atoms with E-state index in [1.54, 1.807) is 20.8 Å². The van der Waals surface area contributed by atoms with Crippen LogP contribution in [0.2, 0.25) is 0 Å². The number of carboxylic acids is 1. The van der Waals surface area contributed by atoms with Crippen molar-refractivity contribution in [3.8, 4) is 0 Å². The highest BCUT2D eigenvalue weighted by atomic mass is 16.6. The van der Waals surface area contributed by atoms with Gasteiger partial charge >= 0.3 is 12.1 Å². The Morgan fingerprint density at radius 3 is 2.29 bits per heavy atom. The quantitative estimate of drug-likeness (QED) is 0.200. The number of carboxylic acid groups (broad SMARTS) is 1. The summed E-state index contributed by atoms with van der Waals surface area (Å²) < 4.78 is 5.10. The van der Waals surface area contributed by atoms with Crippen LogP contribution in [0.5, 0.6) is 0 Å². The van der Waals surface area contributed by atoms with E-state index in [0.29, 0.717) is 13.0 Å². The fourth-order valence-electron chi connectivity index (χ4n) is 1.62. The molecule has 0 aliphatic rings. The molecule has 0 radical (unpaired) electrons. The first-order chi connectivity index (χ1) is 10.9. The van der Waals surface area contributed by atoms with Crippen molar-refractivity contribution in [3.05, 3.63) is 0 Å². The molecular weight excluding hydrogens is 318 g/mol. The minimum atomic E-state index is -1.18. The van der Waals surface area contributed by atoms with E-state index in [0.717, 1.165) is 0 Å². The van der Waals surface area contributed by atoms with Crippen molar-refractivity contribution < 1.29 is 24.2 Å². The fourth-order valence-corrected chi connectivity index (χ4v) is 1.62. The van der Waals surface area contributed by atoms with Crippen molar-refractivity contribution in [2.45, 2.75) is 58.2 Å². The van der Waals surface area contributed by atoms with Gasteiger partial charge in [0.2, 0.25) is 5.91 Å². The van der Waals surface area contributed by atoms with Crippen LogP contribution >= 0.6 is 0 Å². The molecular formula is C14H27N5O5. The van der Waals surface area contributed by atoms with E-state index in [1.807, 2.05) is 0 Å². The number of nitrogens with two attached hydrogens (primary N) is 1. The minimum absolute atomic E-state index is 0.199. The molecule has 0 rings (SSSR count). The van der Waals surface area contributed by atoms with Crippen molar-refractivity contribution >= 4 is 23.9 Å². The number of guanidine groups is 1. The Morgan fingerprint density at radius 1 is 1.25 bits per heavy atom. The first kappa shape index (κ1) is 21.5. The summed E-state index contributed by atoms with van der Waals surface area (Å²) in [6.45, 7) is 6.71. The number of nitrogens with one attached hydrogen (secondary N) is 4. The van der Waals surface area contributed by atoms with Crippen LogP contribution in [-0.4, -0.2) is 53.3 Å². The maximum Gasteiger partial charge on any atom is 0.408 e. The average molecular weight is 345 g/mol. The van der Waals surface area contributed by atoms with E-state index >= 15 is 0 Å². The van der Waals surface area contributed by atoms with E-state index in [-0.39, 0.29) is 12.4 Å². The second-order valence-electron chi connectivity index (χ2n) is 6.25. The molecule has 138 valence electrons. The third-order valence-electron chi connectivity index (χ3n) is 2.72. The topological polar surface area (TPSA) is 167 Å². The molecule has 0 aliphatic heterocycles. The predicted octanol–water partition coefficient (Wildman–Crippen LogP) is -0.268. The molecule has 0 bridgehead atoms. The minimum Gasteiger partial charge on any atom is -0.480 e. The molecule has 0 aliphatic carbocycles. The van der Waals surface area contributed by atoms with E-state index in [9.17, 15) is 14.4 Å². The summed E-state index contributed by atoms with van der Waals surface area (Å²) in [5.74, 6) is -2.01. The molecule has 0 aromatic carbocycles. The second-order valence-corrected chi connectivity index (χ2v) is 6.25. The molecule has 0 fully saturated rings. The monoisotopic (exact) mass is 345 g/mol. The Bertz CT molecular complexity index is 475. The Kier molecular flexibility index (Phi) is 8.58. The summed E-state index contributed by atoms with van der Waals surface area (Å²) >= 11 is 0. The maximum absolute atomic E-state index is 12.2. The van der Waals surface area contributed by atoms with Gasteiger partial charge in [-0.2, -0.15) is 0 Å². The zero-order valence-electron chi connectivity index (χ0n) is 14.4. The number of carbonyl (C=O) groups excluding carboxylic acids is 2. The molecule has 2 atom stereocenters. The van der Waals surface area contributed by atoms with Crippen molar-refractivity contribution in [1.82, 2.24) is 16.0 Å². The van der Waals surface area contributed by atoms with Gasteiger partial charge in [-0.25, -0.2) is 4.79 Å². The third-order valence-corrected chi connectivity index (χ3v) is 2.72. The number of rotatable bonds is 8. The first-order valence-corrected chi connectivity index (χ1v) is 7.53. The van der Waals surface area contributed by atoms with E-state index < -0.39 is 35.7 Å². The van der Waals surface area contributed by atoms with Gasteiger partial charge in [0.25, 0.3) is 0 Å². The number of amides is 2. The molecule has 10 nitrogen and oxygen atoms in total. The van der Waals surface area contributed by atoms with Crippen LogP contribution in [0.15, 0.2) is 0 Å². The third kappa shape index (κ3) is 10.2. The maximum atomic E-state index is 12.2. The first-order valence-electron chi connectivity index (χ1n) is 7.53. The van der Waals surface area contributed by atoms with Gasteiger partial charge in [0.1, 0.15) is 17.7 Å². The largest absolute Gasteiger partial charge is 0.480 e. The van der Waals surface area contributed by atoms with Gasteiger partial charge in [-0.05, 0) is 40.5 Å². The number of aliphatic carboxylic acids is 1. The van der Waals surface area contributed by atoms with Crippen LogP contribution in [0.25, 0.3) is 0 Å². The van der Waals surface area contributed by atoms with Gasteiger partial charge in [-0.3, -0.25) is 15.0 Å². The Hall–Kier alpha value is -2.52. The Morgan fingerprint density at radius 2 is 1.83 bits per heavy atom. The highest BCUT2D eigenvalue weighted by Crippen LogP contribution is 2.08. The van der Waals surface area contributed by atoms with Crippen molar-refractivity contribution in [2.75, 3.05) is 6.54 Å². The van der Waals surface area contributed by atoms with Crippen LogP contribution in [0.4, 0.5) is 4.79 Å². The molecule has 0 aromatic rings. The lowest BCUT2D eigenvalue weighted by Crippen LogP contribution is -2.51. The lowest BCUT2D eigenvalue weighted by Gasteiger charge is -2.24. The second kappa shape index (κ2) is 9.58. The number of carbonyl (C=O) groups is 3. The molecule has 7 N–H and O–H groups in total. The molecule has 0 heterocycles. The average Bonchev–Trinajstić information content (AvgIpc) is 2.39. The highest BCUT2D eigenvalue weighted by Gasteiger charge is 2.26. The lowest BCUT2D eigenvalue weighted by molar-refractivity contribution is -0.141. The molecule has 0 saturated carbocycles. The molecule has 10 heteroatoms. The zero-order valence-corrected chi connectivity index (χ0v) is 14.4. The van der Waals surface area contributed by atoms with Gasteiger partial charge in [0.15, 0.2) is 5.96 Å². The molecule has 0 aromatic heterocycles. The number of hydrogen-bond acceptors (Lipinski definition) is 5. The summed E-state index contributed by atoms with van der Waals surface area (Å²) in [5, 5.41) is 23.2. The number of alkyl carbamates (subject to hydrolysis) is 1. The summed E-state index contributed by atoms with van der Waals surface area (Å²) in [7, 11) is 0. The van der Waals surface area contributed by atoms with Gasteiger partial charge < -0.3 is 31.5 Å². The molecule has 0 spiro atoms. The summed E-state index contributed by atoms with van der Waals surface area (Å²) in [5.41, 5.74) is 4.43. The van der Waals surface area contributed by atoms with Crippen LogP contribution in [0.1, 0.15) is 40.5 Å². The van der Waals surface area contributed by atoms with Gasteiger partial charge in [-0.15, -0.1) is 0 Å². The number of ether oxygens (including phenoxy) is 1. The fraction of sp³-hybridized carbons (Fsp3) is 0.714. The highest BCUT2D eigenvalue weighted by molar-refractivity contribution is 5.89. The molecule has 0 saturated heterocycles. The summed E-state index contributed by atoms with van der Waals surface area (Å²) in [4.78, 5) is 34.8. The van der Waals surface area contributed by atoms with Crippen LogP contribution in [0.3, 0.4) is 0 Å².